The first-order valence-corrected chi connectivity index (χ1v) is 9.67. The number of amides is 2. The van der Waals surface area contributed by atoms with Crippen LogP contribution >= 0.6 is 0 Å². The smallest absolute Gasteiger partial charge is 0.407 e. The summed E-state index contributed by atoms with van der Waals surface area (Å²) in [6.07, 6.45) is 2.03. The first-order chi connectivity index (χ1) is 12.9. The number of nitrogens with one attached hydrogen (secondary N) is 2. The number of hydrogen-bond donors (Lipinski definition) is 2. The Morgan fingerprint density at radius 1 is 1.21 bits per heavy atom. The van der Waals surface area contributed by atoms with E-state index in [0.717, 1.165) is 0 Å². The van der Waals surface area contributed by atoms with Crippen LogP contribution in [0, 0.1) is 5.92 Å². The lowest BCUT2D eigenvalue weighted by atomic mass is 10.0. The molecule has 0 saturated heterocycles. The summed E-state index contributed by atoms with van der Waals surface area (Å²) in [4.78, 5) is 31.8. The van der Waals surface area contributed by atoms with Gasteiger partial charge in [0.1, 0.15) is 12.1 Å². The number of ether oxygens (including phenoxy) is 1. The van der Waals surface area contributed by atoms with E-state index in [0.29, 0.717) is 25.5 Å². The topological polar surface area (TPSA) is 86.3 Å². The van der Waals surface area contributed by atoms with Crippen LogP contribution in [-0.4, -0.2) is 80.2 Å². The second kappa shape index (κ2) is 12.3. The number of carbonyl (C=O) groups excluding carboxylic acids is 2. The summed E-state index contributed by atoms with van der Waals surface area (Å²) in [5.74, 6) is 0.797. The van der Waals surface area contributed by atoms with Crippen molar-refractivity contribution in [3.05, 3.63) is 12.7 Å². The molecule has 0 fully saturated rings. The Balaban J connectivity index is 4.93. The first-order valence-electron chi connectivity index (χ1n) is 9.67. The van der Waals surface area contributed by atoms with Crippen LogP contribution in [0.4, 0.5) is 4.79 Å². The second-order valence-corrected chi connectivity index (χ2v) is 8.30. The molecule has 28 heavy (non-hydrogen) atoms. The molecule has 0 heterocycles. The van der Waals surface area contributed by atoms with Crippen LogP contribution < -0.4 is 10.6 Å². The summed E-state index contributed by atoms with van der Waals surface area (Å²) in [6.45, 7) is 14.6. The van der Waals surface area contributed by atoms with Gasteiger partial charge in [-0.05, 0) is 33.1 Å². The summed E-state index contributed by atoms with van der Waals surface area (Å²) < 4.78 is 5.36. The lowest BCUT2D eigenvalue weighted by Gasteiger charge is -2.28. The van der Waals surface area contributed by atoms with E-state index < -0.39 is 11.7 Å². The van der Waals surface area contributed by atoms with Gasteiger partial charge in [-0.25, -0.2) is 9.79 Å². The monoisotopic (exact) mass is 397 g/mol. The van der Waals surface area contributed by atoms with Crippen LogP contribution in [0.5, 0.6) is 0 Å². The van der Waals surface area contributed by atoms with Crippen LogP contribution in [0.15, 0.2) is 17.6 Å². The molecule has 1 atom stereocenters. The number of rotatable bonds is 9. The number of aliphatic imine (C=N–C) groups is 1. The molecule has 0 aliphatic heterocycles. The van der Waals surface area contributed by atoms with Crippen LogP contribution in [0.25, 0.3) is 0 Å². The molecule has 0 aromatic carbocycles. The highest BCUT2D eigenvalue weighted by Gasteiger charge is 2.22. The minimum atomic E-state index is -0.532. The van der Waals surface area contributed by atoms with Crippen molar-refractivity contribution in [1.82, 2.24) is 20.4 Å². The number of alkyl carbamates (subject to hydrolysis) is 1. The number of guanidine groups is 1. The van der Waals surface area contributed by atoms with Gasteiger partial charge < -0.3 is 25.2 Å². The summed E-state index contributed by atoms with van der Waals surface area (Å²) in [7, 11) is 5.31. The predicted molar refractivity (Wildman–Crippen MR) is 114 cm³/mol. The first kappa shape index (κ1) is 25.8. The minimum absolute atomic E-state index is 0.0404. The third-order valence-electron chi connectivity index (χ3n) is 3.91. The largest absolute Gasteiger partial charge is 0.444 e. The van der Waals surface area contributed by atoms with Crippen molar-refractivity contribution in [1.29, 1.82) is 0 Å². The summed E-state index contributed by atoms with van der Waals surface area (Å²) >= 11 is 0. The van der Waals surface area contributed by atoms with Crippen LogP contribution in [0.3, 0.4) is 0 Å². The lowest BCUT2D eigenvalue weighted by Crippen LogP contribution is -2.45. The Morgan fingerprint density at radius 2 is 1.82 bits per heavy atom. The standard InChI is InChI=1S/C20H39N5O3/c1-10-12-21-18(22-14-17(26)24(7)8)25(9)13-11-16(15(2)3)23-19(27)28-20(4,5)6/h10,15-16H,1,11-14H2,2-9H3,(H,21,22)(H,23,27). The van der Waals surface area contributed by atoms with Gasteiger partial charge in [-0.3, -0.25) is 4.79 Å². The fourth-order valence-corrected chi connectivity index (χ4v) is 2.23. The van der Waals surface area contributed by atoms with Crippen molar-refractivity contribution < 1.29 is 14.3 Å². The molecule has 8 nitrogen and oxygen atoms in total. The molecular weight excluding hydrogens is 358 g/mol. The van der Waals surface area contributed by atoms with E-state index >= 15 is 0 Å². The Kier molecular flexibility index (Phi) is 11.3. The molecule has 2 amide bonds. The highest BCUT2D eigenvalue weighted by atomic mass is 16.6. The SMILES string of the molecule is C=CCNC(=NCC(=O)N(C)C)N(C)CCC(NC(=O)OC(C)(C)C)C(C)C. The van der Waals surface area contributed by atoms with Gasteiger partial charge in [-0.1, -0.05) is 19.9 Å². The Morgan fingerprint density at radius 3 is 2.29 bits per heavy atom. The van der Waals surface area contributed by atoms with E-state index in [1.165, 1.54) is 4.90 Å². The number of nitrogens with zero attached hydrogens (tertiary/aromatic N) is 3. The molecule has 0 saturated carbocycles. The van der Waals surface area contributed by atoms with Crippen LogP contribution in [0.1, 0.15) is 41.0 Å². The average molecular weight is 398 g/mol. The fourth-order valence-electron chi connectivity index (χ4n) is 2.23. The Labute approximate surface area is 170 Å². The van der Waals surface area contributed by atoms with E-state index in [-0.39, 0.29) is 24.4 Å². The number of hydrogen-bond acceptors (Lipinski definition) is 4. The van der Waals surface area contributed by atoms with Crippen molar-refractivity contribution in [2.24, 2.45) is 10.9 Å². The molecule has 0 aromatic heterocycles. The Hall–Kier alpha value is -2.25. The van der Waals surface area contributed by atoms with Crippen molar-refractivity contribution in [2.75, 3.05) is 40.8 Å². The predicted octanol–water partition coefficient (Wildman–Crippen LogP) is 2.08. The molecule has 1 unspecified atom stereocenters. The molecule has 0 bridgehead atoms. The average Bonchev–Trinajstić information content (AvgIpc) is 2.56. The van der Waals surface area contributed by atoms with E-state index in [9.17, 15) is 9.59 Å². The lowest BCUT2D eigenvalue weighted by molar-refractivity contribution is -0.127. The molecular formula is C20H39N5O3. The van der Waals surface area contributed by atoms with E-state index in [1.807, 2.05) is 32.7 Å². The van der Waals surface area contributed by atoms with Crippen molar-refractivity contribution >= 4 is 18.0 Å². The normalized spacial score (nSPS) is 13.0. The van der Waals surface area contributed by atoms with Gasteiger partial charge in [0.2, 0.25) is 5.91 Å². The molecule has 0 aromatic rings. The van der Waals surface area contributed by atoms with Gasteiger partial charge >= 0.3 is 6.09 Å². The second-order valence-electron chi connectivity index (χ2n) is 8.30. The molecule has 8 heteroatoms. The zero-order valence-electron chi connectivity index (χ0n) is 18.8. The van der Waals surface area contributed by atoms with Gasteiger partial charge in [-0.15, -0.1) is 6.58 Å². The van der Waals surface area contributed by atoms with Crippen molar-refractivity contribution in [3.8, 4) is 0 Å². The third kappa shape index (κ3) is 11.5. The van der Waals surface area contributed by atoms with Crippen molar-refractivity contribution in [2.45, 2.75) is 52.7 Å². The van der Waals surface area contributed by atoms with Gasteiger partial charge in [0.25, 0.3) is 0 Å². The molecule has 0 radical (unpaired) electrons. The zero-order valence-corrected chi connectivity index (χ0v) is 18.8. The van der Waals surface area contributed by atoms with Crippen LogP contribution in [-0.2, 0) is 9.53 Å². The quantitative estimate of drug-likeness (QED) is 0.353. The van der Waals surface area contributed by atoms with E-state index in [4.69, 9.17) is 4.74 Å². The molecule has 0 spiro atoms. The molecule has 0 aliphatic carbocycles. The van der Waals surface area contributed by atoms with Gasteiger partial charge in [0, 0.05) is 40.3 Å². The van der Waals surface area contributed by atoms with E-state index in [1.54, 1.807) is 20.2 Å². The zero-order chi connectivity index (χ0) is 21.9. The maximum atomic E-state index is 12.1. The summed E-state index contributed by atoms with van der Waals surface area (Å²) in [5.41, 5.74) is -0.532. The molecule has 0 rings (SSSR count). The fraction of sp³-hybridized carbons (Fsp3) is 0.750. The highest BCUT2D eigenvalue weighted by molar-refractivity contribution is 5.84. The summed E-state index contributed by atoms with van der Waals surface area (Å²) in [6, 6.07) is -0.0404. The molecule has 2 N–H and O–H groups in total. The Bertz CT molecular complexity index is 538. The van der Waals surface area contributed by atoms with Crippen LogP contribution in [0.2, 0.25) is 0 Å². The van der Waals surface area contributed by atoms with Gasteiger partial charge in [0.05, 0.1) is 0 Å². The maximum absolute atomic E-state index is 12.1. The van der Waals surface area contributed by atoms with Crippen molar-refractivity contribution in [3.63, 3.8) is 0 Å². The molecule has 162 valence electrons. The van der Waals surface area contributed by atoms with Gasteiger partial charge in [-0.2, -0.15) is 0 Å². The highest BCUT2D eigenvalue weighted by Crippen LogP contribution is 2.11. The minimum Gasteiger partial charge on any atom is -0.444 e. The maximum Gasteiger partial charge on any atom is 0.407 e. The molecule has 0 aliphatic rings. The number of carbonyl (C=O) groups is 2. The third-order valence-corrected chi connectivity index (χ3v) is 3.91. The van der Waals surface area contributed by atoms with Gasteiger partial charge in [0.15, 0.2) is 5.96 Å². The summed E-state index contributed by atoms with van der Waals surface area (Å²) in [5, 5.41) is 6.11. The van der Waals surface area contributed by atoms with E-state index in [2.05, 4.69) is 36.1 Å². The number of likely N-dealkylation sites (N-methyl/N-ethyl adjacent to an activating group) is 1.